The van der Waals surface area contributed by atoms with Crippen molar-refractivity contribution >= 4 is 86.4 Å². The second-order valence-electron chi connectivity index (χ2n) is 9.50. The molecule has 0 bridgehead atoms. The van der Waals surface area contributed by atoms with Gasteiger partial charge in [0.15, 0.2) is 0 Å². The quantitative estimate of drug-likeness (QED) is 0.193. The Bertz CT molecular complexity index is 2220. The summed E-state index contributed by atoms with van der Waals surface area (Å²) in [6.07, 6.45) is 3.81. The Kier molecular flexibility index (Phi) is 4.82. The maximum Gasteiger partial charge on any atom is 0.137 e. The predicted molar refractivity (Wildman–Crippen MR) is 164 cm³/mol. The fourth-order valence-electron chi connectivity index (χ4n) is 5.80. The fourth-order valence-corrected chi connectivity index (χ4v) is 7.18. The lowest BCUT2D eigenvalue weighted by Gasteiger charge is -2.12. The minimum absolute atomic E-state index is 0.854. The largest absolute Gasteiger partial charge is 0.456 e. The summed E-state index contributed by atoms with van der Waals surface area (Å²) >= 11 is 7.38. The molecule has 0 saturated carbocycles. The summed E-state index contributed by atoms with van der Waals surface area (Å²) in [4.78, 5) is 4.45. The molecule has 5 aromatic carbocycles. The van der Waals surface area contributed by atoms with Crippen molar-refractivity contribution in [3.63, 3.8) is 0 Å². The third-order valence-corrected chi connectivity index (χ3v) is 8.48. The van der Waals surface area contributed by atoms with Crippen molar-refractivity contribution < 1.29 is 4.42 Å². The van der Waals surface area contributed by atoms with Gasteiger partial charge in [-0.15, -0.1) is 0 Å². The van der Waals surface area contributed by atoms with Crippen LogP contribution < -0.4 is 0 Å². The molecule has 38 heavy (non-hydrogen) atoms. The average molecular weight is 618 g/mol. The maximum atomic E-state index is 6.28. The van der Waals surface area contributed by atoms with E-state index in [-0.39, 0.29) is 0 Å². The van der Waals surface area contributed by atoms with Gasteiger partial charge in [0.05, 0.1) is 16.7 Å². The Morgan fingerprint density at radius 2 is 1.53 bits per heavy atom. The molecule has 0 aliphatic heterocycles. The summed E-state index contributed by atoms with van der Waals surface area (Å²) in [7, 11) is 0. The van der Waals surface area contributed by atoms with Gasteiger partial charge in [-0.1, -0.05) is 70.5 Å². The zero-order chi connectivity index (χ0) is 25.4. The van der Waals surface area contributed by atoms with Crippen molar-refractivity contribution in [2.24, 2.45) is 0 Å². The normalized spacial score (nSPS) is 11.9. The van der Waals surface area contributed by atoms with Crippen molar-refractivity contribution in [3.8, 4) is 16.8 Å². The summed E-state index contributed by atoms with van der Waals surface area (Å²) in [5.41, 5.74) is 7.47. The number of benzene rings is 5. The van der Waals surface area contributed by atoms with E-state index in [2.05, 4.69) is 126 Å². The van der Waals surface area contributed by atoms with Gasteiger partial charge < -0.3 is 8.98 Å². The van der Waals surface area contributed by atoms with Crippen molar-refractivity contribution in [3.05, 3.63) is 118 Å². The topological polar surface area (TPSA) is 31.0 Å². The van der Waals surface area contributed by atoms with Crippen molar-refractivity contribution in [1.82, 2.24) is 9.55 Å². The summed E-state index contributed by atoms with van der Waals surface area (Å²) < 4.78 is 10.6. The minimum Gasteiger partial charge on any atom is -0.456 e. The van der Waals surface area contributed by atoms with Gasteiger partial charge in [-0.2, -0.15) is 0 Å². The second kappa shape index (κ2) is 8.29. The van der Waals surface area contributed by atoms with Gasteiger partial charge in [0.1, 0.15) is 11.2 Å². The highest BCUT2D eigenvalue weighted by atomic mass is 79.9. The molecule has 0 radical (unpaired) electrons. The highest BCUT2D eigenvalue weighted by Crippen LogP contribution is 2.43. The number of fused-ring (bicyclic) bond motifs is 7. The van der Waals surface area contributed by atoms with Crippen LogP contribution in [0, 0.1) is 0 Å². The number of aromatic nitrogens is 2. The maximum absolute atomic E-state index is 6.28. The van der Waals surface area contributed by atoms with Gasteiger partial charge in [-0.05, 0) is 74.9 Å². The monoisotopic (exact) mass is 616 g/mol. The number of hydrogen-bond acceptors (Lipinski definition) is 2. The van der Waals surface area contributed by atoms with E-state index in [1.54, 1.807) is 0 Å². The molecule has 8 aromatic rings. The first-order valence-electron chi connectivity index (χ1n) is 12.3. The van der Waals surface area contributed by atoms with Crippen LogP contribution >= 0.6 is 31.9 Å². The molecule has 0 aliphatic carbocycles. The van der Waals surface area contributed by atoms with Crippen LogP contribution in [0.4, 0.5) is 0 Å². The van der Waals surface area contributed by atoms with Gasteiger partial charge in [0.2, 0.25) is 0 Å². The number of furan rings is 1. The van der Waals surface area contributed by atoms with Crippen LogP contribution in [0.5, 0.6) is 0 Å². The van der Waals surface area contributed by atoms with E-state index in [1.807, 2.05) is 24.5 Å². The smallest absolute Gasteiger partial charge is 0.137 e. The van der Waals surface area contributed by atoms with E-state index in [1.165, 1.54) is 21.7 Å². The van der Waals surface area contributed by atoms with E-state index >= 15 is 0 Å². The Balaban J connectivity index is 1.48. The van der Waals surface area contributed by atoms with E-state index in [9.17, 15) is 0 Å². The Hall–Kier alpha value is -3.93. The van der Waals surface area contributed by atoms with Crippen molar-refractivity contribution in [1.29, 1.82) is 0 Å². The van der Waals surface area contributed by atoms with Crippen LogP contribution in [0.25, 0.3) is 71.3 Å². The van der Waals surface area contributed by atoms with E-state index in [0.29, 0.717) is 0 Å². The number of nitrogens with zero attached hydrogens (tertiary/aromatic N) is 2. The SMILES string of the molecule is Brc1cc(Br)c2c(c1)oc1cccc(-c3ccc4c5ccccc5n(-c5cccc6ccncc56)c4c3)c12. The molecule has 0 atom stereocenters. The predicted octanol–water partition coefficient (Wildman–Crippen LogP) is 10.4. The lowest BCUT2D eigenvalue weighted by molar-refractivity contribution is 0.668. The molecule has 5 heteroatoms. The molecule has 0 fully saturated rings. The molecule has 8 rings (SSSR count). The molecular weight excluding hydrogens is 600 g/mol. The molecule has 3 nitrogen and oxygen atoms in total. The van der Waals surface area contributed by atoms with Crippen LogP contribution in [0.1, 0.15) is 0 Å². The summed E-state index contributed by atoms with van der Waals surface area (Å²) in [5, 5.41) is 6.94. The van der Waals surface area contributed by atoms with Gasteiger partial charge in [-0.3, -0.25) is 4.98 Å². The van der Waals surface area contributed by atoms with Crippen LogP contribution in [-0.2, 0) is 0 Å². The molecule has 0 aliphatic rings. The highest BCUT2D eigenvalue weighted by molar-refractivity contribution is 9.11. The van der Waals surface area contributed by atoms with Gasteiger partial charge >= 0.3 is 0 Å². The van der Waals surface area contributed by atoms with Crippen LogP contribution in [0.15, 0.2) is 123 Å². The second-order valence-corrected chi connectivity index (χ2v) is 11.3. The zero-order valence-corrected chi connectivity index (χ0v) is 23.1. The summed E-state index contributed by atoms with van der Waals surface area (Å²) in [5.74, 6) is 0. The fraction of sp³-hybridized carbons (Fsp3) is 0. The number of pyridine rings is 1. The number of rotatable bonds is 2. The van der Waals surface area contributed by atoms with Gasteiger partial charge in [-0.25, -0.2) is 0 Å². The number of hydrogen-bond donors (Lipinski definition) is 0. The molecule has 180 valence electrons. The number of halogens is 2. The average Bonchev–Trinajstić information content (AvgIpc) is 3.48. The van der Waals surface area contributed by atoms with Crippen LogP contribution in [-0.4, -0.2) is 9.55 Å². The van der Waals surface area contributed by atoms with E-state index in [4.69, 9.17) is 4.42 Å². The molecule has 0 unspecified atom stereocenters. The zero-order valence-electron chi connectivity index (χ0n) is 20.0. The first kappa shape index (κ1) is 22.1. The third-order valence-electron chi connectivity index (χ3n) is 7.40. The van der Waals surface area contributed by atoms with Gasteiger partial charge in [0, 0.05) is 48.3 Å². The third kappa shape index (κ3) is 3.15. The molecule has 0 saturated heterocycles. The molecule has 3 heterocycles. The Morgan fingerprint density at radius 3 is 2.47 bits per heavy atom. The molecule has 0 spiro atoms. The molecule has 0 N–H and O–H groups in total. The number of para-hydroxylation sites is 1. The summed E-state index contributed by atoms with van der Waals surface area (Å²) in [6.45, 7) is 0. The molecular formula is C33H18Br2N2O. The Morgan fingerprint density at radius 1 is 0.658 bits per heavy atom. The highest BCUT2D eigenvalue weighted by Gasteiger charge is 2.18. The first-order valence-corrected chi connectivity index (χ1v) is 13.9. The molecule has 3 aromatic heterocycles. The first-order chi connectivity index (χ1) is 18.7. The summed E-state index contributed by atoms with van der Waals surface area (Å²) in [6, 6.07) is 34.3. The lowest BCUT2D eigenvalue weighted by Crippen LogP contribution is -1.95. The van der Waals surface area contributed by atoms with E-state index < -0.39 is 0 Å². The molecule has 0 amide bonds. The minimum atomic E-state index is 0.854. The Labute approximate surface area is 234 Å². The van der Waals surface area contributed by atoms with Crippen molar-refractivity contribution in [2.45, 2.75) is 0 Å². The van der Waals surface area contributed by atoms with E-state index in [0.717, 1.165) is 58.6 Å². The van der Waals surface area contributed by atoms with Crippen LogP contribution in [0.3, 0.4) is 0 Å². The lowest BCUT2D eigenvalue weighted by atomic mass is 9.98. The standard InChI is InChI=1S/C33H18Br2N2O/c34-21-16-26(35)33-31(17-21)38-30-10-4-7-22(32(30)33)20-11-12-24-23-6-1-2-8-27(23)37(29(24)15-20)28-9-3-5-19-13-14-36-18-25(19)28/h1-18H. The van der Waals surface area contributed by atoms with Gasteiger partial charge in [0.25, 0.3) is 0 Å². The van der Waals surface area contributed by atoms with Crippen LogP contribution in [0.2, 0.25) is 0 Å². The van der Waals surface area contributed by atoms with Crippen molar-refractivity contribution in [2.75, 3.05) is 0 Å².